The predicted molar refractivity (Wildman–Crippen MR) is 77.9 cm³/mol. The molecule has 0 spiro atoms. The summed E-state index contributed by atoms with van der Waals surface area (Å²) >= 11 is 0. The second kappa shape index (κ2) is 4.98. The smallest absolute Gasteiger partial charge is 0.245 e. The predicted octanol–water partition coefficient (Wildman–Crippen LogP) is 2.99. The normalized spacial score (nSPS) is 16.7. The minimum atomic E-state index is -0.581. The van der Waals surface area contributed by atoms with Crippen molar-refractivity contribution in [1.82, 2.24) is 0 Å². The SMILES string of the molecule is CCc1cccc(Oc2ccc3c(c2)NC(=O)C3N)c1. The topological polar surface area (TPSA) is 64.3 Å². The van der Waals surface area contributed by atoms with Crippen molar-refractivity contribution in [2.45, 2.75) is 19.4 Å². The molecule has 1 heterocycles. The first-order valence-corrected chi connectivity index (χ1v) is 6.64. The van der Waals surface area contributed by atoms with Gasteiger partial charge in [-0.1, -0.05) is 25.1 Å². The Morgan fingerprint density at radius 2 is 2.00 bits per heavy atom. The van der Waals surface area contributed by atoms with Gasteiger partial charge in [0.1, 0.15) is 17.5 Å². The van der Waals surface area contributed by atoms with E-state index in [1.807, 2.05) is 30.3 Å². The third-order valence-electron chi connectivity index (χ3n) is 3.44. The van der Waals surface area contributed by atoms with Crippen LogP contribution in [0.25, 0.3) is 0 Å². The largest absolute Gasteiger partial charge is 0.457 e. The lowest BCUT2D eigenvalue weighted by molar-refractivity contribution is -0.116. The van der Waals surface area contributed by atoms with Crippen molar-refractivity contribution in [3.8, 4) is 11.5 Å². The Kier molecular flexibility index (Phi) is 3.16. The van der Waals surface area contributed by atoms with Crippen LogP contribution in [0.4, 0.5) is 5.69 Å². The van der Waals surface area contributed by atoms with Gasteiger partial charge in [0.15, 0.2) is 0 Å². The van der Waals surface area contributed by atoms with E-state index < -0.39 is 6.04 Å². The lowest BCUT2D eigenvalue weighted by atomic mass is 10.1. The van der Waals surface area contributed by atoms with Gasteiger partial charge in [-0.2, -0.15) is 0 Å². The zero-order valence-corrected chi connectivity index (χ0v) is 11.2. The lowest BCUT2D eigenvalue weighted by Gasteiger charge is -2.09. The first kappa shape index (κ1) is 12.7. The van der Waals surface area contributed by atoms with Crippen LogP contribution in [0, 0.1) is 0 Å². The zero-order chi connectivity index (χ0) is 14.1. The van der Waals surface area contributed by atoms with Gasteiger partial charge in [0.05, 0.1) is 0 Å². The lowest BCUT2D eigenvalue weighted by Crippen LogP contribution is -2.19. The second-order valence-corrected chi connectivity index (χ2v) is 4.82. The number of rotatable bonds is 3. The van der Waals surface area contributed by atoms with E-state index in [0.717, 1.165) is 23.4 Å². The van der Waals surface area contributed by atoms with Crippen LogP contribution >= 0.6 is 0 Å². The number of carbonyl (C=O) groups excluding carboxylic acids is 1. The number of carbonyl (C=O) groups is 1. The van der Waals surface area contributed by atoms with E-state index in [2.05, 4.69) is 18.3 Å². The minimum Gasteiger partial charge on any atom is -0.457 e. The highest BCUT2D eigenvalue weighted by Gasteiger charge is 2.27. The Morgan fingerprint density at radius 1 is 1.20 bits per heavy atom. The van der Waals surface area contributed by atoms with Gasteiger partial charge in [-0.25, -0.2) is 0 Å². The Hall–Kier alpha value is -2.33. The van der Waals surface area contributed by atoms with Crippen molar-refractivity contribution in [3.05, 3.63) is 53.6 Å². The van der Waals surface area contributed by atoms with Gasteiger partial charge < -0.3 is 15.8 Å². The van der Waals surface area contributed by atoms with Gasteiger partial charge in [-0.05, 0) is 30.2 Å². The fourth-order valence-corrected chi connectivity index (χ4v) is 2.30. The fourth-order valence-electron chi connectivity index (χ4n) is 2.30. The highest BCUT2D eigenvalue weighted by Crippen LogP contribution is 2.34. The van der Waals surface area contributed by atoms with Crippen LogP contribution in [0.1, 0.15) is 24.1 Å². The molecule has 4 nitrogen and oxygen atoms in total. The number of hydrogen-bond acceptors (Lipinski definition) is 3. The second-order valence-electron chi connectivity index (χ2n) is 4.82. The Morgan fingerprint density at radius 3 is 2.80 bits per heavy atom. The summed E-state index contributed by atoms with van der Waals surface area (Å²) in [6.45, 7) is 2.10. The number of anilines is 1. The molecule has 0 saturated carbocycles. The van der Waals surface area contributed by atoms with Crippen LogP contribution in [0.15, 0.2) is 42.5 Å². The molecule has 3 N–H and O–H groups in total. The molecule has 1 aliphatic heterocycles. The quantitative estimate of drug-likeness (QED) is 0.899. The maximum Gasteiger partial charge on any atom is 0.245 e. The van der Waals surface area contributed by atoms with Gasteiger partial charge in [0.2, 0.25) is 5.91 Å². The van der Waals surface area contributed by atoms with Crippen LogP contribution in [0.5, 0.6) is 11.5 Å². The van der Waals surface area contributed by atoms with Crippen LogP contribution in [0.2, 0.25) is 0 Å². The molecule has 20 heavy (non-hydrogen) atoms. The van der Waals surface area contributed by atoms with Gasteiger partial charge in [-0.15, -0.1) is 0 Å². The number of benzene rings is 2. The van der Waals surface area contributed by atoms with Gasteiger partial charge in [-0.3, -0.25) is 4.79 Å². The minimum absolute atomic E-state index is 0.176. The summed E-state index contributed by atoms with van der Waals surface area (Å²) in [6, 6.07) is 12.8. The van der Waals surface area contributed by atoms with E-state index >= 15 is 0 Å². The summed E-state index contributed by atoms with van der Waals surface area (Å²) in [4.78, 5) is 11.5. The molecule has 0 aliphatic carbocycles. The van der Waals surface area contributed by atoms with Crippen LogP contribution in [-0.4, -0.2) is 5.91 Å². The standard InChI is InChI=1S/C16H16N2O2/c1-2-10-4-3-5-11(8-10)20-12-6-7-13-14(9-12)18-16(19)15(13)17/h3-9,15H,2,17H2,1H3,(H,18,19). The Labute approximate surface area is 117 Å². The number of aryl methyl sites for hydroxylation is 1. The van der Waals surface area contributed by atoms with E-state index in [1.54, 1.807) is 6.07 Å². The number of ether oxygens (including phenoxy) is 1. The molecule has 1 amide bonds. The van der Waals surface area contributed by atoms with E-state index in [0.29, 0.717) is 5.75 Å². The highest BCUT2D eigenvalue weighted by molar-refractivity contribution is 6.02. The number of amides is 1. The molecule has 1 unspecified atom stereocenters. The number of hydrogen-bond donors (Lipinski definition) is 2. The third kappa shape index (κ3) is 2.26. The number of nitrogens with one attached hydrogen (secondary N) is 1. The molecule has 1 atom stereocenters. The van der Waals surface area contributed by atoms with Crippen LogP contribution < -0.4 is 15.8 Å². The summed E-state index contributed by atoms with van der Waals surface area (Å²) in [7, 11) is 0. The summed E-state index contributed by atoms with van der Waals surface area (Å²) in [6.07, 6.45) is 0.965. The molecule has 2 aromatic carbocycles. The van der Waals surface area contributed by atoms with Gasteiger partial charge in [0, 0.05) is 17.3 Å². The molecule has 0 bridgehead atoms. The molecule has 0 fully saturated rings. The Balaban J connectivity index is 1.86. The van der Waals surface area contributed by atoms with Crippen molar-refractivity contribution in [2.75, 3.05) is 5.32 Å². The van der Waals surface area contributed by atoms with Crippen LogP contribution in [-0.2, 0) is 11.2 Å². The third-order valence-corrected chi connectivity index (χ3v) is 3.44. The summed E-state index contributed by atoms with van der Waals surface area (Å²) in [5.41, 5.74) is 8.54. The molecule has 102 valence electrons. The summed E-state index contributed by atoms with van der Waals surface area (Å²) in [5, 5.41) is 2.75. The summed E-state index contributed by atoms with van der Waals surface area (Å²) < 4.78 is 5.82. The molecule has 3 rings (SSSR count). The monoisotopic (exact) mass is 268 g/mol. The molecule has 0 radical (unpaired) electrons. The van der Waals surface area contributed by atoms with Gasteiger partial charge in [0.25, 0.3) is 0 Å². The number of fused-ring (bicyclic) bond motifs is 1. The first-order chi connectivity index (χ1) is 9.67. The Bertz CT molecular complexity index is 667. The molecule has 0 aromatic heterocycles. The van der Waals surface area contributed by atoms with Crippen molar-refractivity contribution in [2.24, 2.45) is 5.73 Å². The maximum absolute atomic E-state index is 11.5. The molecular weight excluding hydrogens is 252 g/mol. The average Bonchev–Trinajstić information content (AvgIpc) is 2.74. The molecule has 0 saturated heterocycles. The molecule has 1 aliphatic rings. The van der Waals surface area contributed by atoms with E-state index in [1.165, 1.54) is 5.56 Å². The number of nitrogens with two attached hydrogens (primary N) is 1. The maximum atomic E-state index is 11.5. The van der Waals surface area contributed by atoms with E-state index in [4.69, 9.17) is 10.5 Å². The van der Waals surface area contributed by atoms with Crippen molar-refractivity contribution < 1.29 is 9.53 Å². The van der Waals surface area contributed by atoms with E-state index in [-0.39, 0.29) is 5.91 Å². The molecular formula is C16H16N2O2. The molecule has 4 heteroatoms. The van der Waals surface area contributed by atoms with Crippen LogP contribution in [0.3, 0.4) is 0 Å². The zero-order valence-electron chi connectivity index (χ0n) is 11.2. The molecule has 2 aromatic rings. The van der Waals surface area contributed by atoms with Crippen molar-refractivity contribution in [3.63, 3.8) is 0 Å². The van der Waals surface area contributed by atoms with Crippen molar-refractivity contribution in [1.29, 1.82) is 0 Å². The van der Waals surface area contributed by atoms with Gasteiger partial charge >= 0.3 is 0 Å². The van der Waals surface area contributed by atoms with E-state index in [9.17, 15) is 4.79 Å². The fraction of sp³-hybridized carbons (Fsp3) is 0.188. The summed E-state index contributed by atoms with van der Waals surface area (Å²) in [5.74, 6) is 1.30. The average molecular weight is 268 g/mol. The highest BCUT2D eigenvalue weighted by atomic mass is 16.5. The first-order valence-electron chi connectivity index (χ1n) is 6.64. The van der Waals surface area contributed by atoms with Crippen molar-refractivity contribution >= 4 is 11.6 Å².